The summed E-state index contributed by atoms with van der Waals surface area (Å²) in [4.78, 5) is 23.8. The molecule has 7 nitrogen and oxygen atoms in total. The molecule has 0 unspecified atom stereocenters. The summed E-state index contributed by atoms with van der Waals surface area (Å²) in [6, 6.07) is 16.6. The Morgan fingerprint density at radius 2 is 1.85 bits per heavy atom. The number of aromatic nitrogens is 2. The van der Waals surface area contributed by atoms with Gasteiger partial charge in [0.2, 0.25) is 11.8 Å². The number of hydrazine groups is 1. The number of rotatable bonds is 6. The van der Waals surface area contributed by atoms with Gasteiger partial charge in [-0.25, -0.2) is 0 Å². The number of nitrogens with zero attached hydrogens (tertiary/aromatic N) is 2. The van der Waals surface area contributed by atoms with Crippen molar-refractivity contribution in [3.05, 3.63) is 76.1 Å². The molecule has 9 heteroatoms. The molecule has 0 aliphatic rings. The molecule has 0 aliphatic carbocycles. The zero-order chi connectivity index (χ0) is 19.1. The van der Waals surface area contributed by atoms with E-state index in [9.17, 15) is 9.59 Å². The molecule has 0 bridgehead atoms. The Hall–Kier alpha value is -2.65. The molecule has 2 amide bonds. The Labute approximate surface area is 168 Å². The number of thioether (sulfide) groups is 1. The fourth-order valence-corrected chi connectivity index (χ4v) is 3.11. The van der Waals surface area contributed by atoms with Crippen LogP contribution >= 0.6 is 27.7 Å². The van der Waals surface area contributed by atoms with Crippen LogP contribution in [0.4, 0.5) is 0 Å². The van der Waals surface area contributed by atoms with Crippen LogP contribution in [0.25, 0.3) is 0 Å². The Kier molecular flexibility index (Phi) is 6.61. The summed E-state index contributed by atoms with van der Waals surface area (Å²) in [6.45, 7) is 0. The molecular formula is C18H15BrN4O3S. The molecule has 0 fully saturated rings. The number of benzene rings is 2. The molecule has 1 aromatic heterocycles. The predicted octanol–water partition coefficient (Wildman–Crippen LogP) is 2.98. The van der Waals surface area contributed by atoms with Crippen molar-refractivity contribution in [3.8, 4) is 0 Å². The van der Waals surface area contributed by atoms with E-state index >= 15 is 0 Å². The molecule has 2 N–H and O–H groups in total. The molecule has 0 aliphatic heterocycles. The minimum Gasteiger partial charge on any atom is -0.416 e. The maximum absolute atomic E-state index is 12.0. The molecule has 0 radical (unpaired) electrons. The second-order valence-electron chi connectivity index (χ2n) is 5.43. The first-order valence-corrected chi connectivity index (χ1v) is 9.72. The average molecular weight is 447 g/mol. The standard InChI is InChI=1S/C18H15BrN4O3S/c19-14-8-4-7-13(10-14)17(25)22-20-15(24)11-27-18-23-21-16(26-18)9-12-5-2-1-3-6-12/h1-8,10H,9,11H2,(H,20,24)(H,22,25). The summed E-state index contributed by atoms with van der Waals surface area (Å²) in [5.74, 6) is -0.276. The number of amides is 2. The Bertz CT molecular complexity index is 933. The molecule has 0 saturated heterocycles. The highest BCUT2D eigenvalue weighted by molar-refractivity contribution is 9.10. The van der Waals surface area contributed by atoms with Crippen LogP contribution in [-0.2, 0) is 11.2 Å². The third kappa shape index (κ3) is 5.93. The van der Waals surface area contributed by atoms with Gasteiger partial charge in [0, 0.05) is 10.0 Å². The highest BCUT2D eigenvalue weighted by Crippen LogP contribution is 2.17. The molecule has 0 saturated carbocycles. The van der Waals surface area contributed by atoms with Gasteiger partial charge in [-0.05, 0) is 23.8 Å². The van der Waals surface area contributed by atoms with Gasteiger partial charge in [-0.15, -0.1) is 10.2 Å². The smallest absolute Gasteiger partial charge is 0.277 e. The molecule has 2 aromatic carbocycles. The van der Waals surface area contributed by atoms with Crippen molar-refractivity contribution in [1.29, 1.82) is 0 Å². The van der Waals surface area contributed by atoms with E-state index in [2.05, 4.69) is 37.0 Å². The van der Waals surface area contributed by atoms with Crippen LogP contribution in [0.3, 0.4) is 0 Å². The van der Waals surface area contributed by atoms with Gasteiger partial charge in [-0.3, -0.25) is 20.4 Å². The SMILES string of the molecule is O=C(CSc1nnc(Cc2ccccc2)o1)NNC(=O)c1cccc(Br)c1. The summed E-state index contributed by atoms with van der Waals surface area (Å²) in [5.41, 5.74) is 6.20. The number of hydrogen-bond acceptors (Lipinski definition) is 6. The van der Waals surface area contributed by atoms with Crippen molar-refractivity contribution in [1.82, 2.24) is 21.0 Å². The summed E-state index contributed by atoms with van der Waals surface area (Å²) in [6.07, 6.45) is 0.531. The van der Waals surface area contributed by atoms with Crippen molar-refractivity contribution in [2.45, 2.75) is 11.6 Å². The van der Waals surface area contributed by atoms with Crippen LogP contribution in [0, 0.1) is 0 Å². The van der Waals surface area contributed by atoms with Gasteiger partial charge in [-0.1, -0.05) is 64.1 Å². The maximum atomic E-state index is 12.0. The fourth-order valence-electron chi connectivity index (χ4n) is 2.13. The lowest BCUT2D eigenvalue weighted by Gasteiger charge is -2.06. The zero-order valence-electron chi connectivity index (χ0n) is 14.0. The fraction of sp³-hybridized carbons (Fsp3) is 0.111. The summed E-state index contributed by atoms with van der Waals surface area (Å²) in [5, 5.41) is 8.18. The summed E-state index contributed by atoms with van der Waals surface area (Å²) < 4.78 is 6.29. The van der Waals surface area contributed by atoms with E-state index in [0.29, 0.717) is 23.1 Å². The number of nitrogens with one attached hydrogen (secondary N) is 2. The number of carbonyl (C=O) groups excluding carboxylic acids is 2. The molecule has 1 heterocycles. The van der Waals surface area contributed by atoms with Crippen molar-refractivity contribution in [3.63, 3.8) is 0 Å². The third-order valence-corrected chi connectivity index (χ3v) is 4.69. The topological polar surface area (TPSA) is 97.1 Å². The lowest BCUT2D eigenvalue weighted by atomic mass is 10.2. The molecule has 138 valence electrons. The number of halogens is 1. The quantitative estimate of drug-likeness (QED) is 0.446. The van der Waals surface area contributed by atoms with E-state index in [1.54, 1.807) is 18.2 Å². The monoisotopic (exact) mass is 446 g/mol. The third-order valence-electron chi connectivity index (χ3n) is 3.38. The van der Waals surface area contributed by atoms with Crippen molar-refractivity contribution >= 4 is 39.5 Å². The molecule has 3 rings (SSSR count). The predicted molar refractivity (Wildman–Crippen MR) is 104 cm³/mol. The van der Waals surface area contributed by atoms with Crippen LogP contribution in [0.5, 0.6) is 0 Å². The van der Waals surface area contributed by atoms with Crippen LogP contribution in [0.1, 0.15) is 21.8 Å². The van der Waals surface area contributed by atoms with Gasteiger partial charge >= 0.3 is 0 Å². The normalized spacial score (nSPS) is 10.4. The molecule has 3 aromatic rings. The van der Waals surface area contributed by atoms with E-state index in [1.807, 2.05) is 36.4 Å². The summed E-state index contributed by atoms with van der Waals surface area (Å²) in [7, 11) is 0. The minimum absolute atomic E-state index is 0.0335. The second kappa shape index (κ2) is 9.33. The lowest BCUT2D eigenvalue weighted by Crippen LogP contribution is -2.42. The van der Waals surface area contributed by atoms with E-state index in [0.717, 1.165) is 21.8 Å². The van der Waals surface area contributed by atoms with Gasteiger partial charge in [0.05, 0.1) is 12.2 Å². The van der Waals surface area contributed by atoms with E-state index in [1.165, 1.54) is 0 Å². The van der Waals surface area contributed by atoms with E-state index < -0.39 is 5.91 Å². The van der Waals surface area contributed by atoms with Gasteiger partial charge in [0.1, 0.15) is 0 Å². The first-order valence-electron chi connectivity index (χ1n) is 7.94. The van der Waals surface area contributed by atoms with Crippen LogP contribution in [0.15, 0.2) is 68.7 Å². The Morgan fingerprint density at radius 3 is 2.63 bits per heavy atom. The van der Waals surface area contributed by atoms with Crippen molar-refractivity contribution in [2.75, 3.05) is 5.75 Å². The van der Waals surface area contributed by atoms with Crippen LogP contribution < -0.4 is 10.9 Å². The molecule has 27 heavy (non-hydrogen) atoms. The van der Waals surface area contributed by atoms with Crippen LogP contribution in [-0.4, -0.2) is 27.8 Å². The average Bonchev–Trinajstić information content (AvgIpc) is 3.12. The largest absolute Gasteiger partial charge is 0.416 e. The first kappa shape index (κ1) is 19.1. The van der Waals surface area contributed by atoms with Crippen LogP contribution in [0.2, 0.25) is 0 Å². The highest BCUT2D eigenvalue weighted by Gasteiger charge is 2.11. The zero-order valence-corrected chi connectivity index (χ0v) is 16.4. The van der Waals surface area contributed by atoms with Gasteiger partial charge in [0.25, 0.3) is 11.1 Å². The Balaban J connectivity index is 1.43. The van der Waals surface area contributed by atoms with Crippen molar-refractivity contribution < 1.29 is 14.0 Å². The number of hydrogen-bond donors (Lipinski definition) is 2. The van der Waals surface area contributed by atoms with Gasteiger partial charge in [-0.2, -0.15) is 0 Å². The maximum Gasteiger partial charge on any atom is 0.277 e. The van der Waals surface area contributed by atoms with E-state index in [4.69, 9.17) is 4.42 Å². The van der Waals surface area contributed by atoms with E-state index in [-0.39, 0.29) is 11.7 Å². The summed E-state index contributed by atoms with van der Waals surface area (Å²) >= 11 is 4.39. The number of carbonyl (C=O) groups is 2. The van der Waals surface area contributed by atoms with Crippen molar-refractivity contribution in [2.24, 2.45) is 0 Å². The molecule has 0 atom stereocenters. The first-order chi connectivity index (χ1) is 13.1. The van der Waals surface area contributed by atoms with Gasteiger partial charge in [0.15, 0.2) is 0 Å². The Morgan fingerprint density at radius 1 is 1.04 bits per heavy atom. The van der Waals surface area contributed by atoms with Gasteiger partial charge < -0.3 is 4.42 Å². The molecule has 0 spiro atoms. The molecular weight excluding hydrogens is 432 g/mol. The highest BCUT2D eigenvalue weighted by atomic mass is 79.9. The lowest BCUT2D eigenvalue weighted by molar-refractivity contribution is -0.119. The minimum atomic E-state index is -0.405. The second-order valence-corrected chi connectivity index (χ2v) is 7.27.